The molecule has 4 amide bonds. The number of ether oxygens (including phenoxy) is 1. The number of hydrogen-bond acceptors (Lipinski definition) is 6. The number of nitrogens with zero attached hydrogens (tertiary/aromatic N) is 5. The van der Waals surface area contributed by atoms with Crippen molar-refractivity contribution in [2.24, 2.45) is 7.05 Å². The Morgan fingerprint density at radius 1 is 1.03 bits per heavy atom. The van der Waals surface area contributed by atoms with Gasteiger partial charge in [0.25, 0.3) is 0 Å². The molecule has 2 aromatic rings. The zero-order valence-corrected chi connectivity index (χ0v) is 22.3. The number of rotatable bonds is 3. The van der Waals surface area contributed by atoms with Crippen LogP contribution in [0.1, 0.15) is 64.4 Å². The number of likely N-dealkylation sites (tertiary alicyclic amines) is 2. The minimum atomic E-state index is -0.460. The lowest BCUT2D eigenvalue weighted by atomic mass is 9.87. The number of piperidine rings is 2. The summed E-state index contributed by atoms with van der Waals surface area (Å²) >= 11 is 0. The summed E-state index contributed by atoms with van der Waals surface area (Å²) in [5.74, 6) is 0.835. The summed E-state index contributed by atoms with van der Waals surface area (Å²) in [6, 6.07) is 6.54. The van der Waals surface area contributed by atoms with Crippen LogP contribution in [-0.2, 0) is 16.6 Å². The van der Waals surface area contributed by atoms with Gasteiger partial charge in [-0.25, -0.2) is 9.59 Å². The molecule has 0 aliphatic carbocycles. The number of urea groups is 1. The summed E-state index contributed by atoms with van der Waals surface area (Å²) in [6.07, 6.45) is 4.25. The van der Waals surface area contributed by atoms with E-state index in [9.17, 15) is 14.4 Å². The van der Waals surface area contributed by atoms with E-state index in [1.807, 2.05) is 37.4 Å². The van der Waals surface area contributed by atoms with Crippen molar-refractivity contribution in [1.29, 1.82) is 0 Å². The Hall–Kier alpha value is -3.14. The molecule has 0 saturated carbocycles. The van der Waals surface area contributed by atoms with Gasteiger partial charge in [0, 0.05) is 44.5 Å². The Labute approximate surface area is 217 Å². The van der Waals surface area contributed by atoms with Crippen molar-refractivity contribution >= 4 is 34.8 Å². The van der Waals surface area contributed by atoms with Crippen LogP contribution in [0.25, 0.3) is 10.9 Å². The van der Waals surface area contributed by atoms with E-state index in [1.54, 1.807) is 4.90 Å². The quantitative estimate of drug-likeness (QED) is 0.677. The van der Waals surface area contributed by atoms with Crippen LogP contribution in [0.5, 0.6) is 0 Å². The highest BCUT2D eigenvalue weighted by Gasteiger charge is 2.32. The first-order valence-electron chi connectivity index (χ1n) is 13.4. The Balaban J connectivity index is 1.19. The van der Waals surface area contributed by atoms with Crippen molar-refractivity contribution in [3.05, 3.63) is 23.8 Å². The van der Waals surface area contributed by atoms with Gasteiger partial charge in [-0.3, -0.25) is 19.7 Å². The average Bonchev–Trinajstić information content (AvgIpc) is 3.19. The van der Waals surface area contributed by atoms with E-state index in [0.717, 1.165) is 62.8 Å². The minimum absolute atomic E-state index is 0.201. The normalized spacial score (nSPS) is 21.0. The predicted octanol–water partition coefficient (Wildman–Crippen LogP) is 3.60. The molecule has 5 rings (SSSR count). The second kappa shape index (κ2) is 9.96. The molecule has 37 heavy (non-hydrogen) atoms. The lowest BCUT2D eigenvalue weighted by Gasteiger charge is -2.42. The molecule has 1 aromatic heterocycles. The van der Waals surface area contributed by atoms with Crippen LogP contribution in [0.2, 0.25) is 0 Å². The standard InChI is InChI=1S/C27H38N6O4/c1-27(2,3)37-26(36)32-14-9-20(10-15-32)31-12-7-18(8-13-31)19-5-6-21-22(17-19)30(4)29-24(21)33-16-11-23(34)28-25(33)35/h5-6,17-18,20H,7-16H2,1-4H3,(H,28,34,35). The van der Waals surface area contributed by atoms with E-state index in [0.29, 0.717) is 24.3 Å². The van der Waals surface area contributed by atoms with Gasteiger partial charge in [-0.1, -0.05) is 6.07 Å². The number of imide groups is 1. The molecule has 3 aliphatic rings. The Bertz CT molecular complexity index is 1190. The number of aryl methyl sites for hydroxylation is 1. The first-order chi connectivity index (χ1) is 17.6. The second-order valence-electron chi connectivity index (χ2n) is 11.5. The topological polar surface area (TPSA) is 100 Å². The van der Waals surface area contributed by atoms with E-state index in [1.165, 1.54) is 5.56 Å². The van der Waals surface area contributed by atoms with Crippen LogP contribution in [-0.4, -0.2) is 82.0 Å². The van der Waals surface area contributed by atoms with Crippen LogP contribution < -0.4 is 10.2 Å². The number of carbonyl (C=O) groups is 3. The molecule has 1 N–H and O–H groups in total. The van der Waals surface area contributed by atoms with E-state index in [-0.39, 0.29) is 18.4 Å². The van der Waals surface area contributed by atoms with Crippen molar-refractivity contribution in [3.8, 4) is 0 Å². The van der Waals surface area contributed by atoms with E-state index < -0.39 is 11.6 Å². The molecule has 10 nitrogen and oxygen atoms in total. The fourth-order valence-corrected chi connectivity index (χ4v) is 5.81. The summed E-state index contributed by atoms with van der Waals surface area (Å²) in [6.45, 7) is 9.67. The third-order valence-corrected chi connectivity index (χ3v) is 7.80. The van der Waals surface area contributed by atoms with Crippen LogP contribution in [0, 0.1) is 0 Å². The highest BCUT2D eigenvalue weighted by Crippen LogP contribution is 2.34. The number of aromatic nitrogens is 2. The van der Waals surface area contributed by atoms with Crippen LogP contribution >= 0.6 is 0 Å². The summed E-state index contributed by atoms with van der Waals surface area (Å²) in [5.41, 5.74) is 1.84. The molecule has 3 saturated heterocycles. The number of hydrogen-bond donors (Lipinski definition) is 1. The molecule has 1 aromatic carbocycles. The maximum atomic E-state index is 12.4. The smallest absolute Gasteiger partial charge is 0.410 e. The third-order valence-electron chi connectivity index (χ3n) is 7.80. The van der Waals surface area contributed by atoms with E-state index in [2.05, 4.69) is 33.5 Å². The molecule has 0 spiro atoms. The molecule has 0 radical (unpaired) electrons. The molecule has 0 bridgehead atoms. The van der Waals surface area contributed by atoms with Crippen molar-refractivity contribution < 1.29 is 19.1 Å². The highest BCUT2D eigenvalue weighted by atomic mass is 16.6. The average molecular weight is 511 g/mol. The van der Waals surface area contributed by atoms with Crippen molar-refractivity contribution in [2.45, 2.75) is 70.4 Å². The molecular weight excluding hydrogens is 472 g/mol. The van der Waals surface area contributed by atoms with Gasteiger partial charge < -0.3 is 14.5 Å². The van der Waals surface area contributed by atoms with E-state index in [4.69, 9.17) is 4.74 Å². The van der Waals surface area contributed by atoms with Gasteiger partial charge in [0.1, 0.15) is 5.60 Å². The van der Waals surface area contributed by atoms with Crippen LogP contribution in [0.4, 0.5) is 15.4 Å². The Morgan fingerprint density at radius 2 is 1.73 bits per heavy atom. The first kappa shape index (κ1) is 25.5. The lowest BCUT2D eigenvalue weighted by Crippen LogP contribution is -2.49. The number of amides is 4. The number of anilines is 1. The molecule has 0 unspecified atom stereocenters. The largest absolute Gasteiger partial charge is 0.444 e. The third kappa shape index (κ3) is 5.44. The van der Waals surface area contributed by atoms with Crippen molar-refractivity contribution in [3.63, 3.8) is 0 Å². The number of nitrogens with one attached hydrogen (secondary N) is 1. The molecule has 200 valence electrons. The van der Waals surface area contributed by atoms with Gasteiger partial charge in [-0.15, -0.1) is 0 Å². The number of benzene rings is 1. The van der Waals surface area contributed by atoms with Gasteiger partial charge in [-0.05, 0) is 83.2 Å². The molecule has 3 aliphatic heterocycles. The summed E-state index contributed by atoms with van der Waals surface area (Å²) in [5, 5.41) is 7.91. The Kier molecular flexibility index (Phi) is 6.87. The van der Waals surface area contributed by atoms with Crippen LogP contribution in [0.3, 0.4) is 0 Å². The Morgan fingerprint density at radius 3 is 2.38 bits per heavy atom. The second-order valence-corrected chi connectivity index (χ2v) is 11.5. The summed E-state index contributed by atoms with van der Waals surface area (Å²) in [7, 11) is 1.90. The monoisotopic (exact) mass is 510 g/mol. The number of fused-ring (bicyclic) bond motifs is 1. The lowest BCUT2D eigenvalue weighted by molar-refractivity contribution is -0.120. The van der Waals surface area contributed by atoms with Crippen LogP contribution in [0.15, 0.2) is 18.2 Å². The number of carbonyl (C=O) groups excluding carboxylic acids is 3. The van der Waals surface area contributed by atoms with E-state index >= 15 is 0 Å². The van der Waals surface area contributed by atoms with Crippen molar-refractivity contribution in [2.75, 3.05) is 37.6 Å². The predicted molar refractivity (Wildman–Crippen MR) is 141 cm³/mol. The molecule has 0 atom stereocenters. The van der Waals surface area contributed by atoms with Gasteiger partial charge in [0.2, 0.25) is 5.91 Å². The fourth-order valence-electron chi connectivity index (χ4n) is 5.81. The summed E-state index contributed by atoms with van der Waals surface area (Å²) in [4.78, 5) is 42.3. The zero-order valence-electron chi connectivity index (χ0n) is 22.3. The maximum Gasteiger partial charge on any atom is 0.410 e. The minimum Gasteiger partial charge on any atom is -0.444 e. The maximum absolute atomic E-state index is 12.4. The molecule has 10 heteroatoms. The van der Waals surface area contributed by atoms with Gasteiger partial charge >= 0.3 is 12.1 Å². The SMILES string of the molecule is Cn1nc(N2CCC(=O)NC2=O)c2ccc(C3CCN(C4CCN(C(=O)OC(C)(C)C)CC4)CC3)cc21. The first-order valence-corrected chi connectivity index (χ1v) is 13.4. The molecule has 3 fully saturated rings. The molecular formula is C27H38N6O4. The van der Waals surface area contributed by atoms with Gasteiger partial charge in [0.15, 0.2) is 5.82 Å². The van der Waals surface area contributed by atoms with Gasteiger partial charge in [-0.2, -0.15) is 5.10 Å². The van der Waals surface area contributed by atoms with Crippen molar-refractivity contribution in [1.82, 2.24) is 24.9 Å². The zero-order chi connectivity index (χ0) is 26.3. The molecule has 4 heterocycles. The highest BCUT2D eigenvalue weighted by molar-refractivity contribution is 6.08. The van der Waals surface area contributed by atoms with Gasteiger partial charge in [0.05, 0.1) is 5.52 Å². The fraction of sp³-hybridized carbons (Fsp3) is 0.630. The summed E-state index contributed by atoms with van der Waals surface area (Å²) < 4.78 is 7.36.